The Morgan fingerprint density at radius 3 is 2.32 bits per heavy atom. The normalized spacial score (nSPS) is 10.0. The van der Waals surface area contributed by atoms with Crippen LogP contribution < -0.4 is 24.3 Å². The molecule has 0 aliphatic rings. The van der Waals surface area contributed by atoms with Crippen LogP contribution in [0.5, 0.6) is 23.0 Å². The van der Waals surface area contributed by atoms with Crippen LogP contribution in [0.15, 0.2) is 42.5 Å². The van der Waals surface area contributed by atoms with Gasteiger partial charge in [-0.05, 0) is 30.2 Å². The van der Waals surface area contributed by atoms with Crippen LogP contribution in [0.4, 0.5) is 0 Å². The molecule has 134 valence electrons. The van der Waals surface area contributed by atoms with E-state index >= 15 is 0 Å². The van der Waals surface area contributed by atoms with Crippen LogP contribution >= 0.6 is 0 Å². The molecule has 2 aromatic rings. The van der Waals surface area contributed by atoms with E-state index in [4.69, 9.17) is 18.9 Å². The highest BCUT2D eigenvalue weighted by Crippen LogP contribution is 2.26. The highest BCUT2D eigenvalue weighted by Gasteiger charge is 2.08. The molecule has 0 unspecified atom stereocenters. The average molecular weight is 345 g/mol. The van der Waals surface area contributed by atoms with E-state index in [1.165, 1.54) is 0 Å². The van der Waals surface area contributed by atoms with E-state index in [1.807, 2.05) is 30.3 Å². The smallest absolute Gasteiger partial charge is 0.257 e. The number of rotatable bonds is 9. The summed E-state index contributed by atoms with van der Waals surface area (Å²) >= 11 is 0. The lowest BCUT2D eigenvalue weighted by molar-refractivity contribution is -0.123. The molecule has 1 amide bonds. The Bertz CT molecular complexity index is 702. The minimum atomic E-state index is -0.196. The van der Waals surface area contributed by atoms with E-state index in [2.05, 4.69) is 5.32 Å². The molecule has 2 aromatic carbocycles. The van der Waals surface area contributed by atoms with Crippen molar-refractivity contribution >= 4 is 5.91 Å². The first-order valence-electron chi connectivity index (χ1n) is 7.91. The third-order valence-electron chi connectivity index (χ3n) is 3.64. The largest absolute Gasteiger partial charge is 0.497 e. The van der Waals surface area contributed by atoms with Gasteiger partial charge >= 0.3 is 0 Å². The van der Waals surface area contributed by atoms with Gasteiger partial charge in [-0.2, -0.15) is 0 Å². The van der Waals surface area contributed by atoms with E-state index < -0.39 is 0 Å². The molecule has 0 heterocycles. The van der Waals surface area contributed by atoms with Crippen LogP contribution in [0.3, 0.4) is 0 Å². The van der Waals surface area contributed by atoms with Gasteiger partial charge in [0, 0.05) is 12.6 Å². The van der Waals surface area contributed by atoms with Gasteiger partial charge in [0.2, 0.25) is 0 Å². The lowest BCUT2D eigenvalue weighted by Crippen LogP contribution is -2.30. The zero-order chi connectivity index (χ0) is 18.1. The van der Waals surface area contributed by atoms with Gasteiger partial charge in [-0.25, -0.2) is 0 Å². The monoisotopic (exact) mass is 345 g/mol. The van der Waals surface area contributed by atoms with Crippen molar-refractivity contribution < 1.29 is 23.7 Å². The summed E-state index contributed by atoms with van der Waals surface area (Å²) in [7, 11) is 4.78. The number of ether oxygens (including phenoxy) is 4. The number of para-hydroxylation sites is 2. The highest BCUT2D eigenvalue weighted by molar-refractivity contribution is 5.77. The van der Waals surface area contributed by atoms with Crippen molar-refractivity contribution in [2.45, 2.75) is 6.42 Å². The molecule has 6 nitrogen and oxygen atoms in total. The van der Waals surface area contributed by atoms with E-state index in [0.29, 0.717) is 24.5 Å². The van der Waals surface area contributed by atoms with Crippen LogP contribution in [-0.2, 0) is 11.2 Å². The molecule has 0 fully saturated rings. The zero-order valence-electron chi connectivity index (χ0n) is 14.7. The van der Waals surface area contributed by atoms with Crippen LogP contribution in [0.25, 0.3) is 0 Å². The predicted octanol–water partition coefficient (Wildman–Crippen LogP) is 2.45. The van der Waals surface area contributed by atoms with Crippen molar-refractivity contribution in [2.75, 3.05) is 34.5 Å². The Morgan fingerprint density at radius 1 is 0.920 bits per heavy atom. The van der Waals surface area contributed by atoms with Gasteiger partial charge in [-0.15, -0.1) is 0 Å². The maximum atomic E-state index is 11.9. The predicted molar refractivity (Wildman–Crippen MR) is 94.7 cm³/mol. The number of benzene rings is 2. The van der Waals surface area contributed by atoms with E-state index in [-0.39, 0.29) is 12.5 Å². The summed E-state index contributed by atoms with van der Waals surface area (Å²) < 4.78 is 21.2. The lowest BCUT2D eigenvalue weighted by atomic mass is 10.1. The third kappa shape index (κ3) is 5.31. The molecule has 0 aliphatic carbocycles. The van der Waals surface area contributed by atoms with Crippen molar-refractivity contribution in [1.82, 2.24) is 5.32 Å². The summed E-state index contributed by atoms with van der Waals surface area (Å²) in [6.07, 6.45) is 0.646. The molecule has 0 aromatic heterocycles. The van der Waals surface area contributed by atoms with Crippen molar-refractivity contribution in [1.29, 1.82) is 0 Å². The molecule has 2 rings (SSSR count). The topological polar surface area (TPSA) is 66.0 Å². The fraction of sp³-hybridized carbons (Fsp3) is 0.316. The highest BCUT2D eigenvalue weighted by atomic mass is 16.5. The first-order valence-corrected chi connectivity index (χ1v) is 7.91. The first-order chi connectivity index (χ1) is 12.2. The van der Waals surface area contributed by atoms with E-state index in [9.17, 15) is 4.79 Å². The summed E-state index contributed by atoms with van der Waals surface area (Å²) in [5.41, 5.74) is 0.995. The van der Waals surface area contributed by atoms with Crippen LogP contribution in [0, 0.1) is 0 Å². The van der Waals surface area contributed by atoms with Gasteiger partial charge in [-0.3, -0.25) is 4.79 Å². The van der Waals surface area contributed by atoms with Gasteiger partial charge in [0.05, 0.1) is 21.3 Å². The number of hydrogen-bond donors (Lipinski definition) is 1. The zero-order valence-corrected chi connectivity index (χ0v) is 14.7. The van der Waals surface area contributed by atoms with E-state index in [0.717, 1.165) is 17.1 Å². The van der Waals surface area contributed by atoms with Crippen molar-refractivity contribution in [3.05, 3.63) is 48.0 Å². The Hall–Kier alpha value is -2.89. The molecule has 0 spiro atoms. The summed E-state index contributed by atoms with van der Waals surface area (Å²) in [5.74, 6) is 2.40. The molecule has 0 aliphatic heterocycles. The second-order valence-electron chi connectivity index (χ2n) is 5.22. The van der Waals surface area contributed by atoms with Crippen molar-refractivity contribution in [3.8, 4) is 23.0 Å². The van der Waals surface area contributed by atoms with Gasteiger partial charge in [-0.1, -0.05) is 18.2 Å². The van der Waals surface area contributed by atoms with Crippen molar-refractivity contribution in [3.63, 3.8) is 0 Å². The number of carbonyl (C=O) groups excluding carboxylic acids is 1. The number of methoxy groups -OCH3 is 3. The number of amides is 1. The third-order valence-corrected chi connectivity index (χ3v) is 3.64. The minimum absolute atomic E-state index is 0.0693. The molecule has 25 heavy (non-hydrogen) atoms. The molecule has 6 heteroatoms. The molecule has 1 N–H and O–H groups in total. The molecular formula is C19H23NO5. The molecule has 0 saturated heterocycles. The Morgan fingerprint density at radius 2 is 1.64 bits per heavy atom. The molecule has 0 radical (unpaired) electrons. The maximum absolute atomic E-state index is 11.9. The standard InChI is InChI=1S/C19H23NO5/c1-22-15-9-8-14(18(12-15)24-3)10-11-20-19(21)13-25-17-7-5-4-6-16(17)23-2/h4-9,12H,10-11,13H2,1-3H3,(H,20,21). The molecule has 0 atom stereocenters. The van der Waals surface area contributed by atoms with E-state index in [1.54, 1.807) is 33.5 Å². The minimum Gasteiger partial charge on any atom is -0.497 e. The van der Waals surface area contributed by atoms with Crippen LogP contribution in [-0.4, -0.2) is 40.4 Å². The Kier molecular flexibility index (Phi) is 6.95. The number of nitrogens with one attached hydrogen (secondary N) is 1. The second kappa shape index (κ2) is 9.42. The average Bonchev–Trinajstić information content (AvgIpc) is 2.66. The fourth-order valence-corrected chi connectivity index (χ4v) is 2.33. The molecular weight excluding hydrogens is 322 g/mol. The quantitative estimate of drug-likeness (QED) is 0.756. The number of hydrogen-bond acceptors (Lipinski definition) is 5. The summed E-state index contributed by atoms with van der Waals surface area (Å²) in [4.78, 5) is 11.9. The lowest BCUT2D eigenvalue weighted by Gasteiger charge is -2.12. The van der Waals surface area contributed by atoms with Crippen LogP contribution in [0.1, 0.15) is 5.56 Å². The Labute approximate surface area is 147 Å². The van der Waals surface area contributed by atoms with Gasteiger partial charge in [0.1, 0.15) is 11.5 Å². The van der Waals surface area contributed by atoms with Crippen LogP contribution in [0.2, 0.25) is 0 Å². The van der Waals surface area contributed by atoms with Gasteiger partial charge in [0.25, 0.3) is 5.91 Å². The molecule has 0 bridgehead atoms. The Balaban J connectivity index is 1.81. The summed E-state index contributed by atoms with van der Waals surface area (Å²) in [5, 5.41) is 2.83. The number of carbonyl (C=O) groups is 1. The second-order valence-corrected chi connectivity index (χ2v) is 5.22. The first kappa shape index (κ1) is 18.4. The summed E-state index contributed by atoms with van der Waals surface area (Å²) in [6.45, 7) is 0.414. The fourth-order valence-electron chi connectivity index (χ4n) is 2.33. The summed E-state index contributed by atoms with van der Waals surface area (Å²) in [6, 6.07) is 12.8. The maximum Gasteiger partial charge on any atom is 0.257 e. The van der Waals surface area contributed by atoms with Crippen molar-refractivity contribution in [2.24, 2.45) is 0 Å². The SMILES string of the molecule is COc1ccc(CCNC(=O)COc2ccccc2OC)c(OC)c1. The van der Waals surface area contributed by atoms with Gasteiger partial charge in [0.15, 0.2) is 18.1 Å². The molecule has 0 saturated carbocycles. The van der Waals surface area contributed by atoms with Gasteiger partial charge < -0.3 is 24.3 Å².